The summed E-state index contributed by atoms with van der Waals surface area (Å²) in [5.74, 6) is 0.688. The van der Waals surface area contributed by atoms with Crippen molar-refractivity contribution in [2.45, 2.75) is 64.8 Å². The lowest BCUT2D eigenvalue weighted by Gasteiger charge is -2.43. The highest BCUT2D eigenvalue weighted by atomic mass is 16.5. The molecule has 0 aliphatic carbocycles. The molecule has 26 heavy (non-hydrogen) atoms. The van der Waals surface area contributed by atoms with E-state index in [-0.39, 0.29) is 12.0 Å². The van der Waals surface area contributed by atoms with Gasteiger partial charge >= 0.3 is 0 Å². The van der Waals surface area contributed by atoms with E-state index in [4.69, 9.17) is 4.52 Å². The average Bonchev–Trinajstić information content (AvgIpc) is 3.10. The Morgan fingerprint density at radius 2 is 2.04 bits per heavy atom. The Morgan fingerprint density at radius 1 is 1.31 bits per heavy atom. The molecule has 1 unspecified atom stereocenters. The molecule has 2 aliphatic heterocycles. The zero-order valence-corrected chi connectivity index (χ0v) is 16.2. The molecule has 1 amide bonds. The Morgan fingerprint density at radius 3 is 2.69 bits per heavy atom. The fraction of sp³-hybridized carbons (Fsp3) is 0.789. The number of carbonyl (C=O) groups excluding carboxylic acids is 1. The first-order valence-electron chi connectivity index (χ1n) is 9.89. The molecule has 1 atom stereocenters. The third-order valence-corrected chi connectivity index (χ3v) is 5.66. The van der Waals surface area contributed by atoms with Crippen LogP contribution in [0.5, 0.6) is 0 Å². The van der Waals surface area contributed by atoms with E-state index in [9.17, 15) is 9.90 Å². The summed E-state index contributed by atoms with van der Waals surface area (Å²) in [5.41, 5.74) is 0.407. The van der Waals surface area contributed by atoms with E-state index in [0.717, 1.165) is 57.7 Å². The second kappa shape index (κ2) is 8.50. The van der Waals surface area contributed by atoms with E-state index >= 15 is 0 Å². The van der Waals surface area contributed by atoms with Crippen molar-refractivity contribution in [1.82, 2.24) is 19.9 Å². The van der Waals surface area contributed by atoms with Gasteiger partial charge in [0.25, 0.3) is 5.91 Å². The SMILES string of the molecule is CCC1CN(C(=O)c2cc(CN3CCC(O)CC3)on2)CCN1C(C)C. The number of aliphatic hydroxyl groups excluding tert-OH is 1. The van der Waals surface area contributed by atoms with Gasteiger partial charge in [0.1, 0.15) is 0 Å². The molecule has 2 fully saturated rings. The van der Waals surface area contributed by atoms with Crippen molar-refractivity contribution in [1.29, 1.82) is 0 Å². The molecule has 0 aromatic carbocycles. The normalized spacial score (nSPS) is 23.7. The van der Waals surface area contributed by atoms with Crippen LogP contribution in [0.4, 0.5) is 0 Å². The lowest BCUT2D eigenvalue weighted by atomic mass is 10.1. The molecule has 7 heteroatoms. The average molecular weight is 364 g/mol. The van der Waals surface area contributed by atoms with Crippen LogP contribution in [0.15, 0.2) is 10.6 Å². The first kappa shape index (κ1) is 19.3. The number of hydrogen-bond acceptors (Lipinski definition) is 6. The Balaban J connectivity index is 1.58. The minimum Gasteiger partial charge on any atom is -0.393 e. The van der Waals surface area contributed by atoms with Gasteiger partial charge in [0.2, 0.25) is 0 Å². The van der Waals surface area contributed by atoms with Gasteiger partial charge in [-0.15, -0.1) is 0 Å². The fourth-order valence-electron chi connectivity index (χ4n) is 4.05. The van der Waals surface area contributed by atoms with Crippen LogP contribution < -0.4 is 0 Å². The maximum Gasteiger partial charge on any atom is 0.276 e. The maximum absolute atomic E-state index is 12.8. The van der Waals surface area contributed by atoms with Crippen LogP contribution in [0.25, 0.3) is 0 Å². The van der Waals surface area contributed by atoms with Crippen molar-refractivity contribution in [3.8, 4) is 0 Å². The first-order valence-corrected chi connectivity index (χ1v) is 9.89. The van der Waals surface area contributed by atoms with Crippen LogP contribution in [-0.4, -0.2) is 81.8 Å². The van der Waals surface area contributed by atoms with E-state index in [1.165, 1.54) is 0 Å². The summed E-state index contributed by atoms with van der Waals surface area (Å²) in [6.07, 6.45) is 2.43. The molecule has 2 aliphatic rings. The van der Waals surface area contributed by atoms with Crippen molar-refractivity contribution in [3.05, 3.63) is 17.5 Å². The van der Waals surface area contributed by atoms with Crippen molar-refractivity contribution < 1.29 is 14.4 Å². The number of aromatic nitrogens is 1. The van der Waals surface area contributed by atoms with E-state index in [0.29, 0.717) is 24.3 Å². The summed E-state index contributed by atoms with van der Waals surface area (Å²) in [7, 11) is 0. The smallest absolute Gasteiger partial charge is 0.276 e. The molecular weight excluding hydrogens is 332 g/mol. The van der Waals surface area contributed by atoms with Gasteiger partial charge < -0.3 is 14.5 Å². The van der Waals surface area contributed by atoms with Crippen molar-refractivity contribution in [2.75, 3.05) is 32.7 Å². The van der Waals surface area contributed by atoms with Gasteiger partial charge in [0.05, 0.1) is 12.6 Å². The number of rotatable bonds is 5. The van der Waals surface area contributed by atoms with Gasteiger partial charge in [-0.05, 0) is 33.1 Å². The number of aliphatic hydroxyl groups is 1. The zero-order chi connectivity index (χ0) is 18.7. The molecule has 0 bridgehead atoms. The highest BCUT2D eigenvalue weighted by Crippen LogP contribution is 2.19. The molecule has 1 aromatic rings. The van der Waals surface area contributed by atoms with Crippen molar-refractivity contribution in [2.24, 2.45) is 0 Å². The largest absolute Gasteiger partial charge is 0.393 e. The van der Waals surface area contributed by atoms with Crippen LogP contribution >= 0.6 is 0 Å². The van der Waals surface area contributed by atoms with E-state index in [2.05, 4.69) is 35.7 Å². The summed E-state index contributed by atoms with van der Waals surface area (Å²) in [6, 6.07) is 2.68. The summed E-state index contributed by atoms with van der Waals surface area (Å²) >= 11 is 0. The van der Waals surface area contributed by atoms with Crippen molar-refractivity contribution in [3.63, 3.8) is 0 Å². The third-order valence-electron chi connectivity index (χ3n) is 5.66. The Hall–Kier alpha value is -1.44. The van der Waals surface area contributed by atoms with Crippen molar-refractivity contribution >= 4 is 5.91 Å². The molecule has 3 rings (SSSR count). The van der Waals surface area contributed by atoms with Crippen LogP contribution in [0, 0.1) is 0 Å². The minimum atomic E-state index is -0.186. The van der Waals surface area contributed by atoms with Gasteiger partial charge in [-0.25, -0.2) is 0 Å². The predicted octanol–water partition coefficient (Wildman–Crippen LogP) is 1.58. The highest BCUT2D eigenvalue weighted by molar-refractivity contribution is 5.92. The number of carbonyl (C=O) groups is 1. The highest BCUT2D eigenvalue weighted by Gasteiger charge is 2.31. The molecule has 1 N–H and O–H groups in total. The lowest BCUT2D eigenvalue weighted by Crippen LogP contribution is -2.56. The van der Waals surface area contributed by atoms with Gasteiger partial charge in [-0.3, -0.25) is 14.6 Å². The Kier molecular flexibility index (Phi) is 6.32. The Labute approximate surface area is 155 Å². The van der Waals surface area contributed by atoms with Gasteiger partial charge in [0, 0.05) is 50.9 Å². The zero-order valence-electron chi connectivity index (χ0n) is 16.2. The molecule has 1 aromatic heterocycles. The molecule has 2 saturated heterocycles. The van der Waals surface area contributed by atoms with Crippen LogP contribution in [0.2, 0.25) is 0 Å². The molecule has 0 spiro atoms. The Bertz CT molecular complexity index is 595. The topological polar surface area (TPSA) is 73.0 Å². The van der Waals surface area contributed by atoms with E-state index < -0.39 is 0 Å². The quantitative estimate of drug-likeness (QED) is 0.855. The summed E-state index contributed by atoms with van der Waals surface area (Å²) in [4.78, 5) is 19.4. The predicted molar refractivity (Wildman–Crippen MR) is 98.8 cm³/mol. The van der Waals surface area contributed by atoms with E-state index in [1.807, 2.05) is 4.90 Å². The summed E-state index contributed by atoms with van der Waals surface area (Å²) in [5, 5.41) is 13.6. The molecular formula is C19H32N4O3. The van der Waals surface area contributed by atoms with Crippen LogP contribution in [-0.2, 0) is 6.54 Å². The first-order chi connectivity index (χ1) is 12.5. The number of piperidine rings is 1. The number of nitrogens with zero attached hydrogens (tertiary/aromatic N) is 4. The minimum absolute atomic E-state index is 0.0316. The standard InChI is InChI=1S/C19H32N4O3/c1-4-15-12-22(9-10-23(15)14(2)3)19(25)18-11-17(26-20-18)13-21-7-5-16(24)6-8-21/h11,14-16,24H,4-10,12-13H2,1-3H3. The molecule has 3 heterocycles. The van der Waals surface area contributed by atoms with Crippen LogP contribution in [0.3, 0.4) is 0 Å². The number of hydrogen-bond donors (Lipinski definition) is 1. The third kappa shape index (κ3) is 4.45. The monoisotopic (exact) mass is 364 g/mol. The molecule has 0 saturated carbocycles. The van der Waals surface area contributed by atoms with Gasteiger partial charge in [-0.2, -0.15) is 0 Å². The second-order valence-electron chi connectivity index (χ2n) is 7.83. The van der Waals surface area contributed by atoms with Gasteiger partial charge in [-0.1, -0.05) is 12.1 Å². The lowest BCUT2D eigenvalue weighted by molar-refractivity contribution is 0.0364. The van der Waals surface area contributed by atoms with E-state index in [1.54, 1.807) is 6.07 Å². The number of piperazine rings is 1. The fourth-order valence-corrected chi connectivity index (χ4v) is 4.05. The van der Waals surface area contributed by atoms with Gasteiger partial charge in [0.15, 0.2) is 11.5 Å². The molecule has 7 nitrogen and oxygen atoms in total. The maximum atomic E-state index is 12.8. The summed E-state index contributed by atoms with van der Waals surface area (Å²) < 4.78 is 5.41. The second-order valence-corrected chi connectivity index (χ2v) is 7.83. The van der Waals surface area contributed by atoms with Crippen LogP contribution in [0.1, 0.15) is 56.3 Å². The molecule has 0 radical (unpaired) electrons. The summed E-state index contributed by atoms with van der Waals surface area (Å²) in [6.45, 7) is 11.3. The number of likely N-dealkylation sites (tertiary alicyclic amines) is 1. The number of amides is 1. The molecule has 146 valence electrons.